The second kappa shape index (κ2) is 8.86. The molecule has 0 saturated heterocycles. The van der Waals surface area contributed by atoms with Crippen molar-refractivity contribution in [2.75, 3.05) is 0 Å². The van der Waals surface area contributed by atoms with Crippen molar-refractivity contribution in [3.63, 3.8) is 0 Å². The molecular formula is C37H25N3. The van der Waals surface area contributed by atoms with E-state index in [1.54, 1.807) is 0 Å². The van der Waals surface area contributed by atoms with Gasteiger partial charge in [-0.05, 0) is 72.5 Å². The number of para-hydroxylation sites is 4. The Hall–Kier alpha value is -5.33. The summed E-state index contributed by atoms with van der Waals surface area (Å²) < 4.78 is 4.70. The number of fused-ring (bicyclic) bond motifs is 6. The fourth-order valence-electron chi connectivity index (χ4n) is 6.47. The van der Waals surface area contributed by atoms with Crippen LogP contribution in [-0.4, -0.2) is 9.13 Å². The molecule has 0 atom stereocenters. The number of aromatic nitrogens is 2. The summed E-state index contributed by atoms with van der Waals surface area (Å²) in [4.78, 5) is 0. The maximum atomic E-state index is 10.0. The molecule has 0 bridgehead atoms. The summed E-state index contributed by atoms with van der Waals surface area (Å²) in [5, 5.41) is 15.0. The van der Waals surface area contributed by atoms with E-state index in [1.807, 2.05) is 12.1 Å². The van der Waals surface area contributed by atoms with Gasteiger partial charge in [-0.1, -0.05) is 78.9 Å². The maximum Gasteiger partial charge on any atom is 0.0992 e. The van der Waals surface area contributed by atoms with Gasteiger partial charge in [-0.3, -0.25) is 0 Å². The lowest BCUT2D eigenvalue weighted by Gasteiger charge is -2.19. The normalized spacial score (nSPS) is 13.6. The van der Waals surface area contributed by atoms with E-state index in [2.05, 4.69) is 130 Å². The topological polar surface area (TPSA) is 33.6 Å². The molecule has 3 nitrogen and oxygen atoms in total. The van der Waals surface area contributed by atoms with Crippen LogP contribution in [0.15, 0.2) is 127 Å². The van der Waals surface area contributed by atoms with Gasteiger partial charge in [0.15, 0.2) is 0 Å². The van der Waals surface area contributed by atoms with Crippen LogP contribution in [0, 0.1) is 11.3 Å². The molecule has 7 aromatic rings. The number of hydrogen-bond donors (Lipinski definition) is 0. The summed E-state index contributed by atoms with van der Waals surface area (Å²) in [6, 6.07) is 43.0. The summed E-state index contributed by atoms with van der Waals surface area (Å²) in [7, 11) is 0. The van der Waals surface area contributed by atoms with Crippen LogP contribution in [0.3, 0.4) is 0 Å². The van der Waals surface area contributed by atoms with Gasteiger partial charge in [-0.2, -0.15) is 5.26 Å². The summed E-state index contributed by atoms with van der Waals surface area (Å²) in [6.07, 6.45) is 6.53. The van der Waals surface area contributed by atoms with Gasteiger partial charge in [0.05, 0.1) is 33.7 Å². The third kappa shape index (κ3) is 3.37. The van der Waals surface area contributed by atoms with E-state index in [4.69, 9.17) is 0 Å². The Morgan fingerprint density at radius 1 is 0.575 bits per heavy atom. The fourth-order valence-corrected chi connectivity index (χ4v) is 6.47. The summed E-state index contributed by atoms with van der Waals surface area (Å²) >= 11 is 0. The highest BCUT2D eigenvalue weighted by Gasteiger charge is 2.18. The maximum absolute atomic E-state index is 10.0. The van der Waals surface area contributed by atoms with Crippen LogP contribution in [0.2, 0.25) is 0 Å². The Balaban J connectivity index is 1.33. The predicted octanol–water partition coefficient (Wildman–Crippen LogP) is 9.48. The molecule has 2 aromatic heterocycles. The molecule has 40 heavy (non-hydrogen) atoms. The first-order valence-corrected chi connectivity index (χ1v) is 13.7. The van der Waals surface area contributed by atoms with Gasteiger partial charge in [0.2, 0.25) is 0 Å². The standard InChI is InChI=1S/C37H25N3/c38-24-25-20-27(23-29(21-25)40-36-18-7-3-14-32(36)33-15-4-8-19-37(33)40)26-10-9-11-28(22-26)39-34-16-5-1-12-30(34)31-13-2-6-17-35(31)39/h1-8,10,12-23H,9,11H2. The van der Waals surface area contributed by atoms with Crippen LogP contribution in [-0.2, 0) is 0 Å². The molecule has 0 amide bonds. The molecule has 0 spiro atoms. The number of nitrogens with zero attached hydrogens (tertiary/aromatic N) is 3. The number of allylic oxidation sites excluding steroid dienone is 4. The molecule has 0 saturated carbocycles. The van der Waals surface area contributed by atoms with Gasteiger partial charge in [0.25, 0.3) is 0 Å². The highest BCUT2D eigenvalue weighted by molar-refractivity contribution is 6.11. The number of nitriles is 1. The van der Waals surface area contributed by atoms with Crippen molar-refractivity contribution >= 4 is 54.9 Å². The molecule has 0 N–H and O–H groups in total. The minimum absolute atomic E-state index is 0.660. The molecule has 5 aromatic carbocycles. The van der Waals surface area contributed by atoms with Crippen molar-refractivity contribution in [2.24, 2.45) is 0 Å². The Morgan fingerprint density at radius 3 is 1.60 bits per heavy atom. The van der Waals surface area contributed by atoms with Crippen LogP contribution in [0.25, 0.3) is 60.6 Å². The quantitative estimate of drug-likeness (QED) is 0.233. The zero-order valence-corrected chi connectivity index (χ0v) is 21.9. The smallest absolute Gasteiger partial charge is 0.0992 e. The van der Waals surface area contributed by atoms with Crippen molar-refractivity contribution in [3.05, 3.63) is 139 Å². The summed E-state index contributed by atoms with van der Waals surface area (Å²) in [5.74, 6) is 0. The Labute approximate surface area is 232 Å². The minimum Gasteiger partial charge on any atom is -0.313 e. The van der Waals surface area contributed by atoms with E-state index in [0.29, 0.717) is 5.56 Å². The summed E-state index contributed by atoms with van der Waals surface area (Å²) in [6.45, 7) is 0. The minimum atomic E-state index is 0.660. The largest absolute Gasteiger partial charge is 0.313 e. The van der Waals surface area contributed by atoms with Crippen molar-refractivity contribution in [1.82, 2.24) is 9.13 Å². The summed E-state index contributed by atoms with van der Waals surface area (Å²) in [5.41, 5.74) is 9.90. The Kier molecular flexibility index (Phi) is 5.02. The lowest BCUT2D eigenvalue weighted by atomic mass is 9.95. The van der Waals surface area contributed by atoms with Crippen LogP contribution in [0.1, 0.15) is 24.0 Å². The second-order valence-corrected chi connectivity index (χ2v) is 10.5. The zero-order chi connectivity index (χ0) is 26.6. The van der Waals surface area contributed by atoms with Gasteiger partial charge < -0.3 is 9.13 Å². The molecule has 0 unspecified atom stereocenters. The van der Waals surface area contributed by atoms with Crippen molar-refractivity contribution < 1.29 is 0 Å². The molecule has 1 aliphatic carbocycles. The number of hydrogen-bond acceptors (Lipinski definition) is 1. The lowest BCUT2D eigenvalue weighted by molar-refractivity contribution is 0.982. The molecule has 2 heterocycles. The molecule has 1 aliphatic rings. The average Bonchev–Trinajstić information content (AvgIpc) is 3.54. The van der Waals surface area contributed by atoms with E-state index in [9.17, 15) is 5.26 Å². The Bertz CT molecular complexity index is 2120. The molecule has 8 rings (SSSR count). The fraction of sp³-hybridized carbons (Fsp3) is 0.0541. The van der Waals surface area contributed by atoms with Gasteiger partial charge in [-0.15, -0.1) is 0 Å². The van der Waals surface area contributed by atoms with E-state index < -0.39 is 0 Å². The highest BCUT2D eigenvalue weighted by Crippen LogP contribution is 2.38. The first kappa shape index (κ1) is 22.6. The highest BCUT2D eigenvalue weighted by atomic mass is 15.0. The third-order valence-electron chi connectivity index (χ3n) is 8.17. The van der Waals surface area contributed by atoms with Gasteiger partial charge in [-0.25, -0.2) is 0 Å². The predicted molar refractivity (Wildman–Crippen MR) is 166 cm³/mol. The first-order valence-electron chi connectivity index (χ1n) is 13.7. The number of rotatable bonds is 3. The van der Waals surface area contributed by atoms with Crippen LogP contribution in [0.4, 0.5) is 0 Å². The lowest BCUT2D eigenvalue weighted by Crippen LogP contribution is -2.02. The van der Waals surface area contributed by atoms with Gasteiger partial charge in [0, 0.05) is 32.9 Å². The van der Waals surface area contributed by atoms with Crippen molar-refractivity contribution in [3.8, 4) is 11.8 Å². The molecule has 0 fully saturated rings. The SMILES string of the molecule is N#Cc1cc(C2=CCCC(n3c4ccccc4c4ccccc43)=C2)cc(-n2c3ccccc3c3ccccc32)c1. The average molecular weight is 512 g/mol. The van der Waals surface area contributed by atoms with E-state index in [0.717, 1.165) is 40.7 Å². The van der Waals surface area contributed by atoms with Gasteiger partial charge in [0.1, 0.15) is 0 Å². The number of benzene rings is 5. The van der Waals surface area contributed by atoms with Crippen LogP contribution in [0.5, 0.6) is 0 Å². The molecule has 0 aliphatic heterocycles. The third-order valence-corrected chi connectivity index (χ3v) is 8.17. The van der Waals surface area contributed by atoms with Crippen LogP contribution < -0.4 is 0 Å². The van der Waals surface area contributed by atoms with Gasteiger partial charge >= 0.3 is 0 Å². The van der Waals surface area contributed by atoms with Crippen molar-refractivity contribution in [2.45, 2.75) is 12.8 Å². The second-order valence-electron chi connectivity index (χ2n) is 10.5. The van der Waals surface area contributed by atoms with E-state index in [1.165, 1.54) is 38.3 Å². The molecular weight excluding hydrogens is 486 g/mol. The molecule has 188 valence electrons. The molecule has 3 heteroatoms. The Morgan fingerprint density at radius 2 is 1.07 bits per heavy atom. The monoisotopic (exact) mass is 511 g/mol. The first-order chi connectivity index (χ1) is 19.8. The molecule has 0 radical (unpaired) electrons. The van der Waals surface area contributed by atoms with Crippen molar-refractivity contribution in [1.29, 1.82) is 5.26 Å². The van der Waals surface area contributed by atoms with Crippen LogP contribution >= 0.6 is 0 Å². The van der Waals surface area contributed by atoms with E-state index in [-0.39, 0.29) is 0 Å². The zero-order valence-electron chi connectivity index (χ0n) is 21.9. The van der Waals surface area contributed by atoms with E-state index >= 15 is 0 Å².